The molecule has 0 bridgehead atoms. The maximum atomic E-state index is 12.0. The van der Waals surface area contributed by atoms with Gasteiger partial charge in [-0.05, 0) is 0 Å². The summed E-state index contributed by atoms with van der Waals surface area (Å²) in [5, 5.41) is 7.92. The van der Waals surface area contributed by atoms with Gasteiger partial charge in [0, 0.05) is 12.2 Å². The molecule has 0 aliphatic carbocycles. The van der Waals surface area contributed by atoms with E-state index >= 15 is 0 Å². The second kappa shape index (κ2) is 4.24. The summed E-state index contributed by atoms with van der Waals surface area (Å²) in [5.74, 6) is -3.80. The van der Waals surface area contributed by atoms with Crippen molar-refractivity contribution in [3.63, 3.8) is 0 Å². The largest absolute Gasteiger partial charge is 0.501 e. The normalized spacial score (nSPS) is 12.9. The van der Waals surface area contributed by atoms with Gasteiger partial charge in [0.05, 0.1) is 0 Å². The Hall–Kier alpha value is -1.67. The molecule has 0 atom stereocenters. The van der Waals surface area contributed by atoms with Gasteiger partial charge >= 0.3 is 24.2 Å². The van der Waals surface area contributed by atoms with Crippen molar-refractivity contribution in [3.8, 4) is 0 Å². The molecule has 1 N–H and O–H groups in total. The summed E-state index contributed by atoms with van der Waals surface area (Å²) in [5.41, 5.74) is 0. The molecule has 0 saturated carbocycles. The van der Waals surface area contributed by atoms with Crippen LogP contribution in [0.15, 0.2) is 12.2 Å². The summed E-state index contributed by atoms with van der Waals surface area (Å²) in [7, 11) is 0. The number of alkyl halides is 5. The molecule has 15 heavy (non-hydrogen) atoms. The Morgan fingerprint density at radius 1 is 1.07 bits per heavy atom. The van der Waals surface area contributed by atoms with Crippen LogP contribution in [0.1, 0.15) is 0 Å². The number of halogens is 5. The minimum absolute atomic E-state index is 0.0643. The molecule has 86 valence electrons. The molecule has 0 amide bonds. The highest BCUT2D eigenvalue weighted by atomic mass is 19.4. The molecule has 0 heterocycles. The third-order valence-corrected chi connectivity index (χ3v) is 0.921. The molecule has 0 aromatic rings. The Kier molecular flexibility index (Phi) is 3.76. The van der Waals surface area contributed by atoms with Gasteiger partial charge < -0.3 is 9.84 Å². The predicted molar refractivity (Wildman–Crippen MR) is 33.9 cm³/mol. The smallest absolute Gasteiger partial charge is 0.478 e. The first-order valence-corrected chi connectivity index (χ1v) is 3.15. The van der Waals surface area contributed by atoms with Crippen molar-refractivity contribution in [1.29, 1.82) is 0 Å². The zero-order valence-electron chi connectivity index (χ0n) is 6.72. The van der Waals surface area contributed by atoms with E-state index in [9.17, 15) is 31.5 Å². The summed E-state index contributed by atoms with van der Waals surface area (Å²) in [6, 6.07) is 0. The minimum atomic E-state index is -6.04. The number of carbonyl (C=O) groups is 2. The van der Waals surface area contributed by atoms with E-state index < -0.39 is 24.2 Å². The highest BCUT2D eigenvalue weighted by Crippen LogP contribution is 2.36. The molecule has 0 aromatic heterocycles. The highest BCUT2D eigenvalue weighted by molar-refractivity contribution is 5.90. The summed E-state index contributed by atoms with van der Waals surface area (Å²) in [6.45, 7) is 0. The summed E-state index contributed by atoms with van der Waals surface area (Å²) >= 11 is 0. The standard InChI is InChI=1S/C6H3F5O4/c7-5(8,9)6(10,11)15-4(14)2-1-3(12)13/h1-2H,(H,12,13)/b2-1+. The molecule has 0 radical (unpaired) electrons. The van der Waals surface area contributed by atoms with Gasteiger partial charge in [0.15, 0.2) is 0 Å². The third kappa shape index (κ3) is 4.38. The number of ether oxygens (including phenoxy) is 1. The summed E-state index contributed by atoms with van der Waals surface area (Å²) in [6.07, 6.45) is -11.7. The van der Waals surface area contributed by atoms with Gasteiger partial charge in [0.2, 0.25) is 0 Å². The molecule has 0 aliphatic heterocycles. The van der Waals surface area contributed by atoms with Crippen LogP contribution in [0, 0.1) is 0 Å². The number of rotatable bonds is 3. The molecule has 0 aromatic carbocycles. The zero-order chi connectivity index (χ0) is 12.3. The number of hydrogen-bond donors (Lipinski definition) is 1. The lowest BCUT2D eigenvalue weighted by atomic mass is 10.5. The average molecular weight is 234 g/mol. The molecule has 0 saturated heterocycles. The SMILES string of the molecule is O=C(O)/C=C/C(=O)OC(F)(F)C(F)(F)F. The molecule has 0 unspecified atom stereocenters. The predicted octanol–water partition coefficient (Wildman–Crippen LogP) is 1.33. The van der Waals surface area contributed by atoms with E-state index in [0.717, 1.165) is 0 Å². The molecule has 4 nitrogen and oxygen atoms in total. The number of carboxylic acids is 1. The van der Waals surface area contributed by atoms with E-state index in [4.69, 9.17) is 5.11 Å². The van der Waals surface area contributed by atoms with Crippen molar-refractivity contribution in [2.75, 3.05) is 0 Å². The van der Waals surface area contributed by atoms with E-state index in [-0.39, 0.29) is 12.2 Å². The minimum Gasteiger partial charge on any atom is -0.478 e. The van der Waals surface area contributed by atoms with E-state index in [1.54, 1.807) is 0 Å². The zero-order valence-corrected chi connectivity index (χ0v) is 6.72. The van der Waals surface area contributed by atoms with Crippen LogP contribution in [-0.2, 0) is 14.3 Å². The number of aliphatic carboxylic acids is 1. The van der Waals surface area contributed by atoms with Crippen molar-refractivity contribution >= 4 is 11.9 Å². The molecular weight excluding hydrogens is 231 g/mol. The maximum Gasteiger partial charge on any atom is 0.501 e. The fraction of sp³-hybridized carbons (Fsp3) is 0.333. The van der Waals surface area contributed by atoms with Crippen molar-refractivity contribution in [1.82, 2.24) is 0 Å². The topological polar surface area (TPSA) is 63.6 Å². The van der Waals surface area contributed by atoms with Crippen LogP contribution < -0.4 is 0 Å². The Morgan fingerprint density at radius 2 is 1.53 bits per heavy atom. The fourth-order valence-corrected chi connectivity index (χ4v) is 0.358. The summed E-state index contributed by atoms with van der Waals surface area (Å²) in [4.78, 5) is 20.0. The van der Waals surface area contributed by atoms with Gasteiger partial charge in [-0.15, -0.1) is 0 Å². The van der Waals surface area contributed by atoms with E-state index in [0.29, 0.717) is 0 Å². The average Bonchev–Trinajstić information content (AvgIpc) is 1.97. The van der Waals surface area contributed by atoms with Crippen LogP contribution in [0.25, 0.3) is 0 Å². The van der Waals surface area contributed by atoms with Gasteiger partial charge in [0.1, 0.15) is 0 Å². The van der Waals surface area contributed by atoms with Crippen LogP contribution in [0.5, 0.6) is 0 Å². The molecule has 0 spiro atoms. The number of hydrogen-bond acceptors (Lipinski definition) is 3. The number of carbonyl (C=O) groups excluding carboxylic acids is 1. The van der Waals surface area contributed by atoms with Crippen molar-refractivity contribution in [2.24, 2.45) is 0 Å². The van der Waals surface area contributed by atoms with E-state index in [1.165, 1.54) is 0 Å². The molecular formula is C6H3F5O4. The summed E-state index contributed by atoms with van der Waals surface area (Å²) < 4.78 is 60.9. The Bertz CT molecular complexity index is 292. The number of carboxylic acid groups (broad SMARTS) is 1. The maximum absolute atomic E-state index is 12.0. The molecule has 9 heteroatoms. The Labute approximate surface area is 78.9 Å². The highest BCUT2D eigenvalue weighted by Gasteiger charge is 2.61. The van der Waals surface area contributed by atoms with Crippen molar-refractivity contribution < 1.29 is 41.4 Å². The van der Waals surface area contributed by atoms with Crippen LogP contribution >= 0.6 is 0 Å². The van der Waals surface area contributed by atoms with Gasteiger partial charge in [-0.1, -0.05) is 0 Å². The van der Waals surface area contributed by atoms with Gasteiger partial charge in [0.25, 0.3) is 0 Å². The monoisotopic (exact) mass is 234 g/mol. The number of esters is 1. The second-order valence-electron chi connectivity index (χ2n) is 2.11. The first-order chi connectivity index (χ1) is 6.56. The molecule has 0 fully saturated rings. The first kappa shape index (κ1) is 13.3. The third-order valence-electron chi connectivity index (χ3n) is 0.921. The van der Waals surface area contributed by atoms with E-state index in [2.05, 4.69) is 4.74 Å². The van der Waals surface area contributed by atoms with Crippen molar-refractivity contribution in [2.45, 2.75) is 12.3 Å². The van der Waals surface area contributed by atoms with Crippen LogP contribution in [-0.4, -0.2) is 29.3 Å². The fourth-order valence-electron chi connectivity index (χ4n) is 0.358. The van der Waals surface area contributed by atoms with Crippen LogP contribution in [0.3, 0.4) is 0 Å². The lowest BCUT2D eigenvalue weighted by Crippen LogP contribution is -2.40. The molecule has 0 rings (SSSR count). The van der Waals surface area contributed by atoms with Crippen LogP contribution in [0.2, 0.25) is 0 Å². The van der Waals surface area contributed by atoms with Crippen LogP contribution in [0.4, 0.5) is 22.0 Å². The lowest BCUT2D eigenvalue weighted by molar-refractivity contribution is -0.374. The quantitative estimate of drug-likeness (QED) is 0.454. The van der Waals surface area contributed by atoms with E-state index in [1.807, 2.05) is 0 Å². The lowest BCUT2D eigenvalue weighted by Gasteiger charge is -2.17. The Balaban J connectivity index is 4.49. The second-order valence-corrected chi connectivity index (χ2v) is 2.11. The first-order valence-electron chi connectivity index (χ1n) is 3.15. The van der Waals surface area contributed by atoms with Gasteiger partial charge in [-0.25, -0.2) is 9.59 Å². The van der Waals surface area contributed by atoms with Crippen molar-refractivity contribution in [3.05, 3.63) is 12.2 Å². The van der Waals surface area contributed by atoms with Gasteiger partial charge in [-0.2, -0.15) is 22.0 Å². The Morgan fingerprint density at radius 3 is 1.87 bits per heavy atom. The molecule has 0 aliphatic rings. The van der Waals surface area contributed by atoms with Gasteiger partial charge in [-0.3, -0.25) is 0 Å².